The number of methoxy groups -OCH3 is 1. The van der Waals surface area contributed by atoms with Crippen molar-refractivity contribution in [3.63, 3.8) is 0 Å². The first-order valence-corrected chi connectivity index (χ1v) is 5.32. The molecule has 0 unspecified atom stereocenters. The molecule has 0 bridgehead atoms. The Kier molecular flexibility index (Phi) is 2.26. The molecule has 0 saturated carbocycles. The number of rotatable bonds is 2. The summed E-state index contributed by atoms with van der Waals surface area (Å²) in [6.07, 6.45) is 1.72. The molecule has 0 saturated heterocycles. The molecule has 1 aromatic carbocycles. The van der Waals surface area contributed by atoms with Crippen LogP contribution in [0.4, 0.5) is 0 Å². The minimum atomic E-state index is 0.739. The Morgan fingerprint density at radius 2 is 2.00 bits per heavy atom. The van der Waals surface area contributed by atoms with Crippen molar-refractivity contribution in [3.05, 3.63) is 42.6 Å². The Morgan fingerprint density at radius 3 is 2.76 bits per heavy atom. The molecule has 0 aliphatic rings. The summed E-state index contributed by atoms with van der Waals surface area (Å²) < 4.78 is 5.35. The maximum atomic E-state index is 5.35. The Hall–Kier alpha value is -2.36. The summed E-state index contributed by atoms with van der Waals surface area (Å²) in [5, 5.41) is 7.74. The molecule has 0 aliphatic heterocycles. The van der Waals surface area contributed by atoms with Gasteiger partial charge < -0.3 is 4.74 Å². The monoisotopic (exact) mass is 225 g/mol. The van der Waals surface area contributed by atoms with Crippen LogP contribution < -0.4 is 4.74 Å². The minimum Gasteiger partial charge on any atom is -0.496 e. The van der Waals surface area contributed by atoms with Crippen LogP contribution in [0.15, 0.2) is 42.6 Å². The summed E-state index contributed by atoms with van der Waals surface area (Å²) >= 11 is 0. The molecule has 0 aliphatic carbocycles. The van der Waals surface area contributed by atoms with Gasteiger partial charge in [0, 0.05) is 11.6 Å². The summed E-state index contributed by atoms with van der Waals surface area (Å²) in [5.74, 6) is 0.780. The van der Waals surface area contributed by atoms with Crippen LogP contribution in [0.25, 0.3) is 22.3 Å². The van der Waals surface area contributed by atoms with Gasteiger partial charge in [-0.2, -0.15) is 5.10 Å². The molecule has 3 aromatic rings. The molecule has 2 heterocycles. The van der Waals surface area contributed by atoms with Crippen LogP contribution in [-0.4, -0.2) is 22.3 Å². The highest BCUT2D eigenvalue weighted by Gasteiger charge is 2.08. The highest BCUT2D eigenvalue weighted by atomic mass is 16.5. The normalized spacial score (nSPS) is 10.6. The standard InChI is InChI=1S/C13H11N3O/c1-17-12-7-11(9-5-3-2-4-6-9)15-13-10(12)8-14-16-13/h2-8H,1H3,(H,14,15,16). The lowest BCUT2D eigenvalue weighted by molar-refractivity contribution is 0.419. The van der Waals surface area contributed by atoms with Crippen LogP contribution >= 0.6 is 0 Å². The van der Waals surface area contributed by atoms with Gasteiger partial charge in [0.15, 0.2) is 5.65 Å². The van der Waals surface area contributed by atoms with Crippen molar-refractivity contribution in [1.82, 2.24) is 15.2 Å². The van der Waals surface area contributed by atoms with Crippen LogP contribution in [0.5, 0.6) is 5.75 Å². The van der Waals surface area contributed by atoms with Crippen LogP contribution in [0.3, 0.4) is 0 Å². The molecule has 4 nitrogen and oxygen atoms in total. The molecule has 4 heteroatoms. The first-order chi connectivity index (χ1) is 8.38. The van der Waals surface area contributed by atoms with Crippen molar-refractivity contribution >= 4 is 11.0 Å². The topological polar surface area (TPSA) is 50.8 Å². The Morgan fingerprint density at radius 1 is 1.18 bits per heavy atom. The van der Waals surface area contributed by atoms with E-state index in [1.54, 1.807) is 13.3 Å². The van der Waals surface area contributed by atoms with E-state index in [4.69, 9.17) is 4.74 Å². The van der Waals surface area contributed by atoms with E-state index in [1.165, 1.54) is 0 Å². The zero-order valence-electron chi connectivity index (χ0n) is 9.34. The van der Waals surface area contributed by atoms with Crippen LogP contribution in [0.2, 0.25) is 0 Å². The number of hydrogen-bond acceptors (Lipinski definition) is 3. The molecule has 0 fully saturated rings. The number of pyridine rings is 1. The quantitative estimate of drug-likeness (QED) is 0.729. The van der Waals surface area contributed by atoms with E-state index >= 15 is 0 Å². The lowest BCUT2D eigenvalue weighted by Crippen LogP contribution is -1.89. The van der Waals surface area contributed by atoms with Crippen molar-refractivity contribution in [1.29, 1.82) is 0 Å². The SMILES string of the molecule is COc1cc(-c2ccccc2)nc2[nH]ncc12. The fourth-order valence-electron chi connectivity index (χ4n) is 1.83. The van der Waals surface area contributed by atoms with E-state index in [0.29, 0.717) is 0 Å². The highest BCUT2D eigenvalue weighted by molar-refractivity contribution is 5.84. The fourth-order valence-corrected chi connectivity index (χ4v) is 1.83. The van der Waals surface area contributed by atoms with E-state index in [0.717, 1.165) is 28.0 Å². The zero-order chi connectivity index (χ0) is 11.7. The zero-order valence-corrected chi connectivity index (χ0v) is 9.34. The molecule has 17 heavy (non-hydrogen) atoms. The number of hydrogen-bond donors (Lipinski definition) is 1. The molecule has 1 N–H and O–H groups in total. The number of nitrogens with one attached hydrogen (secondary N) is 1. The largest absolute Gasteiger partial charge is 0.496 e. The number of benzene rings is 1. The van der Waals surface area contributed by atoms with E-state index in [2.05, 4.69) is 15.2 Å². The summed E-state index contributed by atoms with van der Waals surface area (Å²) in [6.45, 7) is 0. The first kappa shape index (κ1) is 9.84. The number of fused-ring (bicyclic) bond motifs is 1. The van der Waals surface area contributed by atoms with E-state index in [1.807, 2.05) is 36.4 Å². The molecule has 0 atom stereocenters. The van der Waals surface area contributed by atoms with Gasteiger partial charge in [-0.3, -0.25) is 5.10 Å². The third-order valence-electron chi connectivity index (χ3n) is 2.67. The Labute approximate surface area is 98.3 Å². The van der Waals surface area contributed by atoms with Crippen LogP contribution in [0.1, 0.15) is 0 Å². The molecular formula is C13H11N3O. The predicted octanol–water partition coefficient (Wildman–Crippen LogP) is 2.63. The van der Waals surface area contributed by atoms with Crippen LogP contribution in [0, 0.1) is 0 Å². The fraction of sp³-hybridized carbons (Fsp3) is 0.0769. The van der Waals surface area contributed by atoms with Gasteiger partial charge in [0.2, 0.25) is 0 Å². The van der Waals surface area contributed by atoms with Crippen molar-refractivity contribution in [3.8, 4) is 17.0 Å². The average molecular weight is 225 g/mol. The van der Waals surface area contributed by atoms with Crippen molar-refractivity contribution in [2.75, 3.05) is 7.11 Å². The van der Waals surface area contributed by atoms with Crippen molar-refractivity contribution < 1.29 is 4.74 Å². The number of aromatic nitrogens is 3. The average Bonchev–Trinajstić information content (AvgIpc) is 2.86. The third kappa shape index (κ3) is 1.63. The van der Waals surface area contributed by atoms with Crippen molar-refractivity contribution in [2.24, 2.45) is 0 Å². The van der Waals surface area contributed by atoms with E-state index in [9.17, 15) is 0 Å². The molecule has 0 spiro atoms. The van der Waals surface area contributed by atoms with E-state index < -0.39 is 0 Å². The summed E-state index contributed by atoms with van der Waals surface area (Å²) in [5.41, 5.74) is 2.67. The number of aromatic amines is 1. The molecule has 2 aromatic heterocycles. The Balaban J connectivity index is 2.24. The van der Waals surface area contributed by atoms with Gasteiger partial charge in [-0.1, -0.05) is 30.3 Å². The van der Waals surface area contributed by atoms with Gasteiger partial charge >= 0.3 is 0 Å². The second kappa shape index (κ2) is 3.90. The third-order valence-corrected chi connectivity index (χ3v) is 2.67. The lowest BCUT2D eigenvalue weighted by atomic mass is 10.1. The minimum absolute atomic E-state index is 0.739. The molecule has 0 amide bonds. The number of H-pyrrole nitrogens is 1. The summed E-state index contributed by atoms with van der Waals surface area (Å²) in [6, 6.07) is 11.9. The van der Waals surface area contributed by atoms with Gasteiger partial charge in [-0.25, -0.2) is 4.98 Å². The van der Waals surface area contributed by atoms with E-state index in [-0.39, 0.29) is 0 Å². The lowest BCUT2D eigenvalue weighted by Gasteiger charge is -2.05. The van der Waals surface area contributed by atoms with Gasteiger partial charge in [0.1, 0.15) is 5.75 Å². The maximum absolute atomic E-state index is 5.35. The van der Waals surface area contributed by atoms with Crippen LogP contribution in [-0.2, 0) is 0 Å². The molecule has 3 rings (SSSR count). The van der Waals surface area contributed by atoms with Gasteiger partial charge in [0.25, 0.3) is 0 Å². The van der Waals surface area contributed by atoms with Crippen molar-refractivity contribution in [2.45, 2.75) is 0 Å². The predicted molar refractivity (Wildman–Crippen MR) is 65.9 cm³/mol. The first-order valence-electron chi connectivity index (χ1n) is 5.32. The maximum Gasteiger partial charge on any atom is 0.159 e. The van der Waals surface area contributed by atoms with Gasteiger partial charge in [0.05, 0.1) is 24.4 Å². The molecular weight excluding hydrogens is 214 g/mol. The highest BCUT2D eigenvalue weighted by Crippen LogP contribution is 2.28. The second-order valence-corrected chi connectivity index (χ2v) is 3.71. The van der Waals surface area contributed by atoms with Gasteiger partial charge in [-0.15, -0.1) is 0 Å². The number of nitrogens with zero attached hydrogens (tertiary/aromatic N) is 2. The second-order valence-electron chi connectivity index (χ2n) is 3.71. The van der Waals surface area contributed by atoms with Gasteiger partial charge in [-0.05, 0) is 0 Å². The number of ether oxygens (including phenoxy) is 1. The smallest absolute Gasteiger partial charge is 0.159 e. The molecule has 84 valence electrons. The Bertz CT molecular complexity index is 646. The summed E-state index contributed by atoms with van der Waals surface area (Å²) in [4.78, 5) is 4.52. The molecule has 0 radical (unpaired) electrons. The summed E-state index contributed by atoms with van der Waals surface area (Å²) in [7, 11) is 1.65.